The van der Waals surface area contributed by atoms with Gasteiger partial charge in [-0.25, -0.2) is 4.68 Å². The molecule has 6 nitrogen and oxygen atoms in total. The van der Waals surface area contributed by atoms with Gasteiger partial charge in [0.15, 0.2) is 11.5 Å². The highest BCUT2D eigenvalue weighted by molar-refractivity contribution is 5.76. The average Bonchev–Trinajstić information content (AvgIpc) is 3.40. The molecule has 28 heavy (non-hydrogen) atoms. The number of carbonyl (C=O) groups excluding carboxylic acids is 1. The molecule has 6 heteroatoms. The Kier molecular flexibility index (Phi) is 5.28. The number of ether oxygens (including phenoxy) is 2. The molecule has 1 aliphatic rings. The molecule has 2 heterocycles. The molecule has 1 aliphatic heterocycles. The number of fused-ring (bicyclic) bond motifs is 1. The highest BCUT2D eigenvalue weighted by Gasteiger charge is 2.17. The number of benzene rings is 2. The first-order valence-corrected chi connectivity index (χ1v) is 9.48. The summed E-state index contributed by atoms with van der Waals surface area (Å²) in [6.07, 6.45) is 4.94. The molecule has 0 fully saturated rings. The van der Waals surface area contributed by atoms with Gasteiger partial charge in [-0.2, -0.15) is 5.10 Å². The molecule has 3 aromatic rings. The number of amides is 1. The van der Waals surface area contributed by atoms with E-state index in [-0.39, 0.29) is 12.7 Å². The van der Waals surface area contributed by atoms with E-state index in [9.17, 15) is 4.79 Å². The van der Waals surface area contributed by atoms with Crippen LogP contribution >= 0.6 is 0 Å². The Morgan fingerprint density at radius 1 is 1.11 bits per heavy atom. The van der Waals surface area contributed by atoms with E-state index in [4.69, 9.17) is 9.47 Å². The van der Waals surface area contributed by atoms with Gasteiger partial charge in [0.2, 0.25) is 12.7 Å². The lowest BCUT2D eigenvalue weighted by Crippen LogP contribution is -2.30. The van der Waals surface area contributed by atoms with Crippen LogP contribution in [0.4, 0.5) is 0 Å². The van der Waals surface area contributed by atoms with E-state index in [0.29, 0.717) is 25.9 Å². The Morgan fingerprint density at radius 2 is 1.93 bits per heavy atom. The summed E-state index contributed by atoms with van der Waals surface area (Å²) in [7, 11) is 0. The molecule has 1 aromatic heterocycles. The number of aromatic nitrogens is 2. The van der Waals surface area contributed by atoms with Gasteiger partial charge in [-0.15, -0.1) is 0 Å². The predicted octanol–water partition coefficient (Wildman–Crippen LogP) is 3.58. The summed E-state index contributed by atoms with van der Waals surface area (Å²) in [5, 5.41) is 4.40. The zero-order chi connectivity index (χ0) is 19.3. The molecule has 0 atom stereocenters. The molecule has 0 radical (unpaired) electrons. The fourth-order valence-corrected chi connectivity index (χ4v) is 3.26. The first-order chi connectivity index (χ1) is 13.7. The van der Waals surface area contributed by atoms with Crippen LogP contribution in [0.1, 0.15) is 24.5 Å². The van der Waals surface area contributed by atoms with Gasteiger partial charge >= 0.3 is 0 Å². The number of nitrogens with zero attached hydrogens (tertiary/aromatic N) is 3. The maximum Gasteiger partial charge on any atom is 0.231 e. The Morgan fingerprint density at radius 3 is 2.75 bits per heavy atom. The van der Waals surface area contributed by atoms with Crippen molar-refractivity contribution in [2.75, 3.05) is 13.3 Å². The van der Waals surface area contributed by atoms with Gasteiger partial charge in [0.1, 0.15) is 0 Å². The van der Waals surface area contributed by atoms with Gasteiger partial charge in [0, 0.05) is 25.7 Å². The quantitative estimate of drug-likeness (QED) is 0.631. The van der Waals surface area contributed by atoms with E-state index in [0.717, 1.165) is 28.3 Å². The van der Waals surface area contributed by atoms with E-state index < -0.39 is 0 Å². The first kappa shape index (κ1) is 18.1. The van der Waals surface area contributed by atoms with E-state index >= 15 is 0 Å². The van der Waals surface area contributed by atoms with Gasteiger partial charge in [-0.05, 0) is 48.7 Å². The van der Waals surface area contributed by atoms with Gasteiger partial charge in [0.25, 0.3) is 0 Å². The van der Waals surface area contributed by atoms with Crippen molar-refractivity contribution in [1.29, 1.82) is 0 Å². The highest BCUT2D eigenvalue weighted by atomic mass is 16.7. The minimum atomic E-state index is 0.132. The summed E-state index contributed by atoms with van der Waals surface area (Å²) in [6, 6.07) is 15.8. The molecule has 0 unspecified atom stereocenters. The molecule has 0 bridgehead atoms. The molecule has 1 amide bonds. The number of rotatable bonds is 7. The van der Waals surface area contributed by atoms with Crippen molar-refractivity contribution in [2.45, 2.75) is 26.3 Å². The third kappa shape index (κ3) is 4.01. The van der Waals surface area contributed by atoms with Crippen LogP contribution in [0.5, 0.6) is 11.5 Å². The predicted molar refractivity (Wildman–Crippen MR) is 106 cm³/mol. The SMILES string of the molecule is CCN(Cc1ccc2c(c1)OCO2)C(=O)CCc1cnn(-c2ccccc2)c1. The van der Waals surface area contributed by atoms with Crippen LogP contribution < -0.4 is 9.47 Å². The summed E-state index contributed by atoms with van der Waals surface area (Å²) >= 11 is 0. The van der Waals surface area contributed by atoms with Gasteiger partial charge in [0.05, 0.1) is 11.9 Å². The van der Waals surface area contributed by atoms with Crippen molar-refractivity contribution in [3.8, 4) is 17.2 Å². The minimum Gasteiger partial charge on any atom is -0.454 e. The Balaban J connectivity index is 1.35. The van der Waals surface area contributed by atoms with Gasteiger partial charge < -0.3 is 14.4 Å². The molecule has 144 valence electrons. The second-order valence-corrected chi connectivity index (χ2v) is 6.72. The molecular weight excluding hydrogens is 354 g/mol. The molecule has 0 aliphatic carbocycles. The van der Waals surface area contributed by atoms with Gasteiger partial charge in [-0.1, -0.05) is 24.3 Å². The second kappa shape index (κ2) is 8.17. The molecular formula is C22H23N3O3. The van der Waals surface area contributed by atoms with Gasteiger partial charge in [-0.3, -0.25) is 4.79 Å². The van der Waals surface area contributed by atoms with Crippen molar-refractivity contribution < 1.29 is 14.3 Å². The molecule has 0 N–H and O–H groups in total. The number of carbonyl (C=O) groups is 1. The fraction of sp³-hybridized carbons (Fsp3) is 0.273. The third-order valence-electron chi connectivity index (χ3n) is 4.83. The Labute approximate surface area is 164 Å². The van der Waals surface area contributed by atoms with E-state index in [1.807, 2.05) is 77.4 Å². The third-order valence-corrected chi connectivity index (χ3v) is 4.83. The summed E-state index contributed by atoms with van der Waals surface area (Å²) in [5.41, 5.74) is 3.10. The van der Waals surface area contributed by atoms with Crippen molar-refractivity contribution in [2.24, 2.45) is 0 Å². The highest BCUT2D eigenvalue weighted by Crippen LogP contribution is 2.32. The van der Waals surface area contributed by atoms with Crippen LogP contribution in [-0.2, 0) is 17.8 Å². The minimum absolute atomic E-state index is 0.132. The maximum atomic E-state index is 12.7. The van der Waals surface area contributed by atoms with Crippen LogP contribution in [0.3, 0.4) is 0 Å². The maximum absolute atomic E-state index is 12.7. The van der Waals surface area contributed by atoms with Crippen LogP contribution in [0.2, 0.25) is 0 Å². The zero-order valence-corrected chi connectivity index (χ0v) is 15.9. The topological polar surface area (TPSA) is 56.6 Å². The Hall–Kier alpha value is -3.28. The van der Waals surface area contributed by atoms with E-state index in [1.165, 1.54) is 0 Å². The Bertz CT molecular complexity index is 953. The first-order valence-electron chi connectivity index (χ1n) is 9.48. The van der Waals surface area contributed by atoms with Crippen molar-refractivity contribution in [3.63, 3.8) is 0 Å². The molecule has 4 rings (SSSR count). The zero-order valence-electron chi connectivity index (χ0n) is 15.9. The fourth-order valence-electron chi connectivity index (χ4n) is 3.26. The molecule has 0 saturated heterocycles. The molecule has 0 saturated carbocycles. The van der Waals surface area contributed by atoms with Crippen LogP contribution in [0.15, 0.2) is 60.9 Å². The number of aryl methyl sites for hydroxylation is 1. The summed E-state index contributed by atoms with van der Waals surface area (Å²) in [5.74, 6) is 1.63. The lowest BCUT2D eigenvalue weighted by Gasteiger charge is -2.21. The lowest BCUT2D eigenvalue weighted by atomic mass is 10.1. The lowest BCUT2D eigenvalue weighted by molar-refractivity contribution is -0.131. The van der Waals surface area contributed by atoms with Crippen LogP contribution in [0, 0.1) is 0 Å². The summed E-state index contributed by atoms with van der Waals surface area (Å²) in [4.78, 5) is 14.6. The number of para-hydroxylation sites is 1. The standard InChI is InChI=1S/C22H23N3O3/c1-2-24(14-17-8-10-20-21(12-17)28-16-27-20)22(26)11-9-18-13-23-25(15-18)19-6-4-3-5-7-19/h3-8,10,12-13,15H,2,9,11,14,16H2,1H3. The van der Waals surface area contributed by atoms with Crippen molar-refractivity contribution in [1.82, 2.24) is 14.7 Å². The average molecular weight is 377 g/mol. The van der Waals surface area contributed by atoms with Crippen molar-refractivity contribution >= 4 is 5.91 Å². The second-order valence-electron chi connectivity index (χ2n) is 6.72. The van der Waals surface area contributed by atoms with Crippen LogP contribution in [-0.4, -0.2) is 33.9 Å². The summed E-state index contributed by atoms with van der Waals surface area (Å²) < 4.78 is 12.6. The normalized spacial score (nSPS) is 12.2. The monoisotopic (exact) mass is 377 g/mol. The smallest absolute Gasteiger partial charge is 0.231 e. The largest absolute Gasteiger partial charge is 0.454 e. The van der Waals surface area contributed by atoms with E-state index in [2.05, 4.69) is 5.10 Å². The summed E-state index contributed by atoms with van der Waals surface area (Å²) in [6.45, 7) is 3.48. The van der Waals surface area contributed by atoms with Crippen molar-refractivity contribution in [3.05, 3.63) is 72.1 Å². The van der Waals surface area contributed by atoms with E-state index in [1.54, 1.807) is 0 Å². The number of hydrogen-bond donors (Lipinski definition) is 0. The molecule has 2 aromatic carbocycles. The number of hydrogen-bond acceptors (Lipinski definition) is 4. The van der Waals surface area contributed by atoms with Crippen LogP contribution in [0.25, 0.3) is 5.69 Å². The molecule has 0 spiro atoms.